The number of amides is 1. The van der Waals surface area contributed by atoms with E-state index in [0.717, 1.165) is 43.0 Å². The smallest absolute Gasteiger partial charge is 0.246 e. The molecule has 1 aliphatic heterocycles. The Bertz CT molecular complexity index is 503. The molecule has 1 heterocycles. The normalized spacial score (nSPS) is 15.8. The van der Waals surface area contributed by atoms with Gasteiger partial charge < -0.3 is 14.4 Å². The minimum Gasteiger partial charge on any atom is -0.497 e. The molecule has 2 rings (SSSR count). The number of likely N-dealkylation sites (tertiary alicyclic amines) is 1. The lowest BCUT2D eigenvalue weighted by Gasteiger charge is -2.18. The zero-order chi connectivity index (χ0) is 15.1. The number of hydrogen-bond donors (Lipinski definition) is 0. The van der Waals surface area contributed by atoms with Gasteiger partial charge in [0.05, 0.1) is 14.2 Å². The standard InChI is InChI=1S/C17H23NO3/c1-20-15-8-9-16(21-2)14(13-15)7-10-17(19)18-11-5-3-4-6-12-18/h7-10,13H,3-6,11-12H2,1-2H3/b10-7-. The van der Waals surface area contributed by atoms with Crippen LogP contribution in [0.25, 0.3) is 6.08 Å². The Balaban J connectivity index is 2.10. The van der Waals surface area contributed by atoms with Gasteiger partial charge in [-0.25, -0.2) is 0 Å². The maximum absolute atomic E-state index is 12.2. The molecule has 0 spiro atoms. The molecular formula is C17H23NO3. The summed E-state index contributed by atoms with van der Waals surface area (Å²) in [6.07, 6.45) is 8.07. The lowest BCUT2D eigenvalue weighted by atomic mass is 10.1. The molecule has 0 saturated carbocycles. The van der Waals surface area contributed by atoms with Crippen LogP contribution in [0.5, 0.6) is 11.5 Å². The summed E-state index contributed by atoms with van der Waals surface area (Å²) >= 11 is 0. The molecule has 0 aromatic heterocycles. The minimum atomic E-state index is 0.0711. The summed E-state index contributed by atoms with van der Waals surface area (Å²) in [6.45, 7) is 1.72. The Hall–Kier alpha value is -1.97. The first kappa shape index (κ1) is 15.4. The molecule has 0 radical (unpaired) electrons. The van der Waals surface area contributed by atoms with E-state index in [9.17, 15) is 4.79 Å². The van der Waals surface area contributed by atoms with Crippen LogP contribution in [0.4, 0.5) is 0 Å². The molecule has 114 valence electrons. The molecule has 1 fully saturated rings. The van der Waals surface area contributed by atoms with Crippen molar-refractivity contribution in [2.75, 3.05) is 27.3 Å². The third-order valence-electron chi connectivity index (χ3n) is 3.76. The third kappa shape index (κ3) is 4.25. The van der Waals surface area contributed by atoms with E-state index in [4.69, 9.17) is 9.47 Å². The Morgan fingerprint density at radius 2 is 1.81 bits per heavy atom. The van der Waals surface area contributed by atoms with Crippen molar-refractivity contribution in [2.45, 2.75) is 25.7 Å². The highest BCUT2D eigenvalue weighted by Crippen LogP contribution is 2.25. The first-order valence-electron chi connectivity index (χ1n) is 7.43. The molecule has 1 aromatic carbocycles. The van der Waals surface area contributed by atoms with Crippen LogP contribution in [0.1, 0.15) is 31.2 Å². The zero-order valence-corrected chi connectivity index (χ0v) is 12.8. The van der Waals surface area contributed by atoms with Gasteiger partial charge in [-0.15, -0.1) is 0 Å². The Morgan fingerprint density at radius 1 is 1.10 bits per heavy atom. The predicted octanol–water partition coefficient (Wildman–Crippen LogP) is 3.12. The average Bonchev–Trinajstić information content (AvgIpc) is 2.81. The van der Waals surface area contributed by atoms with Crippen molar-refractivity contribution in [1.82, 2.24) is 4.90 Å². The second-order valence-corrected chi connectivity index (χ2v) is 5.18. The highest BCUT2D eigenvalue weighted by Gasteiger charge is 2.13. The highest BCUT2D eigenvalue weighted by molar-refractivity contribution is 5.92. The van der Waals surface area contributed by atoms with Gasteiger partial charge in [-0.1, -0.05) is 12.8 Å². The molecule has 4 heteroatoms. The largest absolute Gasteiger partial charge is 0.497 e. The van der Waals surface area contributed by atoms with E-state index in [1.54, 1.807) is 26.4 Å². The van der Waals surface area contributed by atoms with Crippen molar-refractivity contribution in [3.63, 3.8) is 0 Å². The highest BCUT2D eigenvalue weighted by atomic mass is 16.5. The van der Waals surface area contributed by atoms with Crippen LogP contribution >= 0.6 is 0 Å². The van der Waals surface area contributed by atoms with Gasteiger partial charge in [0.1, 0.15) is 11.5 Å². The van der Waals surface area contributed by atoms with Gasteiger partial charge in [0.25, 0.3) is 0 Å². The van der Waals surface area contributed by atoms with E-state index in [1.807, 2.05) is 23.1 Å². The molecule has 1 saturated heterocycles. The van der Waals surface area contributed by atoms with Crippen LogP contribution in [0.15, 0.2) is 24.3 Å². The molecule has 0 unspecified atom stereocenters. The molecule has 4 nitrogen and oxygen atoms in total. The maximum atomic E-state index is 12.2. The second-order valence-electron chi connectivity index (χ2n) is 5.18. The molecule has 0 N–H and O–H groups in total. The first-order valence-corrected chi connectivity index (χ1v) is 7.43. The van der Waals surface area contributed by atoms with Gasteiger partial charge in [0.15, 0.2) is 0 Å². The van der Waals surface area contributed by atoms with Crippen molar-refractivity contribution in [3.05, 3.63) is 29.8 Å². The number of nitrogens with zero attached hydrogens (tertiary/aromatic N) is 1. The van der Waals surface area contributed by atoms with Crippen molar-refractivity contribution in [3.8, 4) is 11.5 Å². The lowest BCUT2D eigenvalue weighted by Crippen LogP contribution is -2.30. The molecule has 0 bridgehead atoms. The SMILES string of the molecule is COc1ccc(OC)c(/C=C\C(=O)N2CCCCCC2)c1. The van der Waals surface area contributed by atoms with E-state index < -0.39 is 0 Å². The minimum absolute atomic E-state index is 0.0711. The predicted molar refractivity (Wildman–Crippen MR) is 83.6 cm³/mol. The van der Waals surface area contributed by atoms with E-state index in [2.05, 4.69) is 0 Å². The molecule has 1 aromatic rings. The Morgan fingerprint density at radius 3 is 2.43 bits per heavy atom. The van der Waals surface area contributed by atoms with E-state index in [0.29, 0.717) is 0 Å². The topological polar surface area (TPSA) is 38.8 Å². The Labute approximate surface area is 126 Å². The molecule has 0 aliphatic carbocycles. The quantitative estimate of drug-likeness (QED) is 0.799. The zero-order valence-electron chi connectivity index (χ0n) is 12.8. The molecule has 1 aliphatic rings. The second kappa shape index (κ2) is 7.72. The number of carbonyl (C=O) groups excluding carboxylic acids is 1. The summed E-state index contributed by atoms with van der Waals surface area (Å²) in [5, 5.41) is 0. The number of carbonyl (C=O) groups is 1. The van der Waals surface area contributed by atoms with Crippen molar-refractivity contribution < 1.29 is 14.3 Å². The lowest BCUT2D eigenvalue weighted by molar-refractivity contribution is -0.125. The fourth-order valence-electron chi connectivity index (χ4n) is 2.53. The van der Waals surface area contributed by atoms with Crippen LogP contribution in [0.2, 0.25) is 0 Å². The molecule has 0 atom stereocenters. The van der Waals surface area contributed by atoms with Crippen LogP contribution < -0.4 is 9.47 Å². The number of methoxy groups -OCH3 is 2. The summed E-state index contributed by atoms with van der Waals surface area (Å²) in [4.78, 5) is 14.2. The first-order chi connectivity index (χ1) is 10.2. The molecule has 21 heavy (non-hydrogen) atoms. The molecule has 1 amide bonds. The average molecular weight is 289 g/mol. The summed E-state index contributed by atoms with van der Waals surface area (Å²) in [5.41, 5.74) is 0.847. The summed E-state index contributed by atoms with van der Waals surface area (Å²) in [6, 6.07) is 5.55. The van der Waals surface area contributed by atoms with Crippen LogP contribution in [-0.2, 0) is 4.79 Å². The van der Waals surface area contributed by atoms with Gasteiger partial charge in [0.2, 0.25) is 5.91 Å². The van der Waals surface area contributed by atoms with Gasteiger partial charge in [0, 0.05) is 24.7 Å². The maximum Gasteiger partial charge on any atom is 0.246 e. The van der Waals surface area contributed by atoms with E-state index >= 15 is 0 Å². The van der Waals surface area contributed by atoms with Crippen molar-refractivity contribution >= 4 is 12.0 Å². The number of hydrogen-bond acceptors (Lipinski definition) is 3. The summed E-state index contributed by atoms with van der Waals surface area (Å²) in [5.74, 6) is 1.55. The number of ether oxygens (including phenoxy) is 2. The van der Waals surface area contributed by atoms with Gasteiger partial charge in [-0.05, 0) is 37.1 Å². The molecular weight excluding hydrogens is 266 g/mol. The van der Waals surface area contributed by atoms with Crippen LogP contribution in [0.3, 0.4) is 0 Å². The monoisotopic (exact) mass is 289 g/mol. The summed E-state index contributed by atoms with van der Waals surface area (Å²) in [7, 11) is 3.24. The fraction of sp³-hybridized carbons (Fsp3) is 0.471. The van der Waals surface area contributed by atoms with E-state index in [-0.39, 0.29) is 5.91 Å². The van der Waals surface area contributed by atoms with Gasteiger partial charge in [-0.3, -0.25) is 4.79 Å². The number of rotatable bonds is 4. The van der Waals surface area contributed by atoms with Gasteiger partial charge >= 0.3 is 0 Å². The van der Waals surface area contributed by atoms with E-state index in [1.165, 1.54) is 12.8 Å². The van der Waals surface area contributed by atoms with Crippen molar-refractivity contribution in [1.29, 1.82) is 0 Å². The third-order valence-corrected chi connectivity index (χ3v) is 3.76. The Kier molecular flexibility index (Phi) is 5.67. The number of benzene rings is 1. The fourth-order valence-corrected chi connectivity index (χ4v) is 2.53. The summed E-state index contributed by atoms with van der Waals surface area (Å²) < 4.78 is 10.5. The van der Waals surface area contributed by atoms with Crippen LogP contribution in [-0.4, -0.2) is 38.1 Å². The van der Waals surface area contributed by atoms with Crippen LogP contribution in [0, 0.1) is 0 Å². The van der Waals surface area contributed by atoms with Gasteiger partial charge in [-0.2, -0.15) is 0 Å². The van der Waals surface area contributed by atoms with Crippen molar-refractivity contribution in [2.24, 2.45) is 0 Å².